The van der Waals surface area contributed by atoms with Crippen LogP contribution in [-0.2, 0) is 13.1 Å². The number of hydrogen-bond acceptors (Lipinski definition) is 5. The fourth-order valence-corrected chi connectivity index (χ4v) is 8.65. The van der Waals surface area contributed by atoms with Crippen molar-refractivity contribution in [3.63, 3.8) is 0 Å². The van der Waals surface area contributed by atoms with Crippen molar-refractivity contribution in [2.24, 2.45) is 0 Å². The van der Waals surface area contributed by atoms with Gasteiger partial charge in [0.25, 0.3) is 0 Å². The van der Waals surface area contributed by atoms with E-state index in [4.69, 9.17) is 56.4 Å². The van der Waals surface area contributed by atoms with Crippen molar-refractivity contribution in [2.45, 2.75) is 78.3 Å². The molecule has 0 saturated heterocycles. The number of carbonyl (C=O) groups excluding carboxylic acids is 1. The van der Waals surface area contributed by atoms with Gasteiger partial charge < -0.3 is 18.9 Å². The van der Waals surface area contributed by atoms with E-state index >= 15 is 0 Å². The summed E-state index contributed by atoms with van der Waals surface area (Å²) in [5.74, 6) is 2.80. The molecule has 0 N–H and O–H groups in total. The van der Waals surface area contributed by atoms with Crippen LogP contribution >= 0.6 is 46.4 Å². The second-order valence-corrected chi connectivity index (χ2v) is 15.1. The Morgan fingerprint density at radius 1 is 0.615 bits per heavy atom. The third kappa shape index (κ3) is 6.44. The van der Waals surface area contributed by atoms with Gasteiger partial charge in [-0.2, -0.15) is 0 Å². The van der Waals surface area contributed by atoms with E-state index in [1.807, 2.05) is 42.5 Å². The van der Waals surface area contributed by atoms with Gasteiger partial charge in [-0.25, -0.2) is 9.97 Å². The van der Waals surface area contributed by atoms with Crippen molar-refractivity contribution in [1.82, 2.24) is 19.1 Å². The molecule has 6 aromatic rings. The number of aromatic nitrogens is 4. The first-order valence-electron chi connectivity index (χ1n) is 18.1. The zero-order valence-electron chi connectivity index (χ0n) is 29.8. The molecule has 2 aliphatic heterocycles. The molecule has 0 radical (unpaired) electrons. The molecule has 8 rings (SSSR count). The average molecular weight is 777 g/mol. The van der Waals surface area contributed by atoms with Gasteiger partial charge in [-0.1, -0.05) is 86.2 Å². The lowest BCUT2D eigenvalue weighted by molar-refractivity contribution is 0.112. The van der Waals surface area contributed by atoms with Crippen LogP contribution in [0.3, 0.4) is 0 Å². The molecule has 11 heteroatoms. The number of halogens is 4. The summed E-state index contributed by atoms with van der Waals surface area (Å²) in [6.07, 6.45) is 5.23. The number of benzene rings is 4. The molecule has 0 atom stereocenters. The minimum absolute atomic E-state index is 0.473. The van der Waals surface area contributed by atoms with Crippen LogP contribution in [0.25, 0.3) is 22.1 Å². The Morgan fingerprint density at radius 2 is 1.10 bits per heavy atom. The molecule has 0 amide bonds. The summed E-state index contributed by atoms with van der Waals surface area (Å²) >= 11 is 25.1. The van der Waals surface area contributed by atoms with Gasteiger partial charge in [0.2, 0.25) is 11.9 Å². The van der Waals surface area contributed by atoms with Crippen LogP contribution in [0.4, 0.5) is 23.3 Å². The Kier molecular flexibility index (Phi) is 10.8. The second kappa shape index (κ2) is 15.3. The van der Waals surface area contributed by atoms with Gasteiger partial charge in [0.15, 0.2) is 6.29 Å². The highest BCUT2D eigenvalue weighted by molar-refractivity contribution is 6.35. The fourth-order valence-electron chi connectivity index (χ4n) is 7.95. The normalized spacial score (nSPS) is 13.7. The van der Waals surface area contributed by atoms with Crippen molar-refractivity contribution in [1.29, 1.82) is 0 Å². The lowest BCUT2D eigenvalue weighted by Crippen LogP contribution is -2.16. The zero-order chi connectivity index (χ0) is 36.7. The van der Waals surface area contributed by atoms with E-state index in [0.29, 0.717) is 27.4 Å². The maximum absolute atomic E-state index is 11.6. The molecule has 2 aliphatic rings. The van der Waals surface area contributed by atoms with Gasteiger partial charge in [0.1, 0.15) is 11.0 Å². The van der Waals surface area contributed by atoms with E-state index in [-0.39, 0.29) is 0 Å². The predicted octanol–water partition coefficient (Wildman–Crippen LogP) is 12.6. The zero-order valence-corrected chi connectivity index (χ0v) is 32.9. The van der Waals surface area contributed by atoms with Gasteiger partial charge in [-0.15, -0.1) is 0 Å². The Labute approximate surface area is 325 Å². The number of carbonyl (C=O) groups is 1. The molecule has 0 unspecified atom stereocenters. The summed E-state index contributed by atoms with van der Waals surface area (Å²) in [4.78, 5) is 25.7. The minimum atomic E-state index is 0.473. The highest BCUT2D eigenvalue weighted by Crippen LogP contribution is 2.42. The topological polar surface area (TPSA) is 59.2 Å². The smallest absolute Gasteiger partial charge is 0.211 e. The summed E-state index contributed by atoms with van der Waals surface area (Å²) in [6, 6.07) is 21.6. The molecule has 2 aromatic heterocycles. The summed E-state index contributed by atoms with van der Waals surface area (Å²) in [7, 11) is 0. The van der Waals surface area contributed by atoms with Crippen LogP contribution in [0, 0.1) is 0 Å². The molecule has 0 bridgehead atoms. The fraction of sp³-hybridized carbons (Fsp3) is 0.341. The first-order chi connectivity index (χ1) is 25.2. The number of imidazole rings is 2. The SMILES string of the molecule is CCC(CC)c1ccc(Cl)c2nc3n(c12)CCN3c1ccc(Cl)cc1.CCC(CC)c1ccc(Cl)c2nc3n(c12)CCN3c1ccc(Cl)cc1C=O. The first kappa shape index (κ1) is 36.6. The van der Waals surface area contributed by atoms with Gasteiger partial charge in [0.05, 0.1) is 26.8 Å². The Hall–Kier alpha value is -3.75. The molecule has 52 heavy (non-hydrogen) atoms. The maximum Gasteiger partial charge on any atom is 0.211 e. The number of nitrogens with zero attached hydrogens (tertiary/aromatic N) is 6. The van der Waals surface area contributed by atoms with E-state index in [2.05, 4.69) is 58.8 Å². The second-order valence-electron chi connectivity index (χ2n) is 13.4. The molecule has 0 fully saturated rings. The van der Waals surface area contributed by atoms with Crippen molar-refractivity contribution in [3.05, 3.63) is 104 Å². The lowest BCUT2D eigenvalue weighted by atomic mass is 9.93. The number of anilines is 4. The highest BCUT2D eigenvalue weighted by atomic mass is 35.5. The molecule has 270 valence electrons. The van der Waals surface area contributed by atoms with Crippen LogP contribution in [0.2, 0.25) is 20.1 Å². The van der Waals surface area contributed by atoms with E-state index in [1.165, 1.54) is 16.6 Å². The molecule has 7 nitrogen and oxygen atoms in total. The molecular weight excluding hydrogens is 734 g/mol. The van der Waals surface area contributed by atoms with E-state index < -0.39 is 0 Å². The van der Waals surface area contributed by atoms with E-state index in [9.17, 15) is 4.79 Å². The standard InChI is InChI=1S/C21H21Cl2N3O.C20H21Cl2N3/c1-3-13(4-2)16-6-7-17(23)19-20(16)26-10-9-25(21(26)24-19)18-8-5-15(22)11-14(18)12-27;1-3-13(4-2)16-9-10-17(22)18-19(16)25-12-11-24(20(25)23-18)15-7-5-14(21)6-8-15/h5-8,11-13H,3-4,9-10H2,1-2H3;5-10,13H,3-4,11-12H2,1-2H3. The molecule has 0 saturated carbocycles. The summed E-state index contributed by atoms with van der Waals surface area (Å²) in [5.41, 5.74) is 9.23. The van der Waals surface area contributed by atoms with Crippen LogP contribution < -0.4 is 9.80 Å². The van der Waals surface area contributed by atoms with Crippen LogP contribution in [-0.4, -0.2) is 38.5 Å². The molecule has 4 aromatic carbocycles. The molecular formula is C41H42Cl4N6O. The van der Waals surface area contributed by atoms with Crippen molar-refractivity contribution >= 4 is 98.0 Å². The highest BCUT2D eigenvalue weighted by Gasteiger charge is 2.30. The summed E-state index contributed by atoms with van der Waals surface area (Å²) in [6.45, 7) is 12.3. The summed E-state index contributed by atoms with van der Waals surface area (Å²) < 4.78 is 4.56. The number of fused-ring (bicyclic) bond motifs is 6. The van der Waals surface area contributed by atoms with Crippen LogP contribution in [0.15, 0.2) is 66.7 Å². The first-order valence-corrected chi connectivity index (χ1v) is 19.7. The van der Waals surface area contributed by atoms with Gasteiger partial charge in [-0.05, 0) is 103 Å². The largest absolute Gasteiger partial charge is 0.310 e. The maximum atomic E-state index is 11.6. The predicted molar refractivity (Wildman–Crippen MR) is 218 cm³/mol. The Balaban J connectivity index is 0.000000162. The van der Waals surface area contributed by atoms with Crippen molar-refractivity contribution < 1.29 is 4.79 Å². The van der Waals surface area contributed by atoms with E-state index in [0.717, 1.165) is 108 Å². The molecule has 4 heterocycles. The third-order valence-electron chi connectivity index (χ3n) is 10.7. The van der Waals surface area contributed by atoms with Crippen LogP contribution in [0.1, 0.15) is 86.7 Å². The third-order valence-corrected chi connectivity index (χ3v) is 11.8. The monoisotopic (exact) mass is 774 g/mol. The Bertz CT molecular complexity index is 2250. The summed E-state index contributed by atoms with van der Waals surface area (Å²) in [5, 5.41) is 2.68. The Morgan fingerprint density at radius 3 is 1.60 bits per heavy atom. The molecule has 0 aliphatic carbocycles. The van der Waals surface area contributed by atoms with Crippen molar-refractivity contribution in [2.75, 3.05) is 22.9 Å². The average Bonchev–Trinajstić information content (AvgIpc) is 3.93. The minimum Gasteiger partial charge on any atom is -0.310 e. The van der Waals surface area contributed by atoms with Crippen LogP contribution in [0.5, 0.6) is 0 Å². The lowest BCUT2D eigenvalue weighted by Gasteiger charge is -2.18. The molecule has 0 spiro atoms. The number of rotatable bonds is 9. The van der Waals surface area contributed by atoms with Gasteiger partial charge in [0, 0.05) is 47.5 Å². The number of hydrogen-bond donors (Lipinski definition) is 0. The van der Waals surface area contributed by atoms with E-state index in [1.54, 1.807) is 12.1 Å². The van der Waals surface area contributed by atoms with Gasteiger partial charge >= 0.3 is 0 Å². The number of aldehydes is 1. The van der Waals surface area contributed by atoms with Crippen molar-refractivity contribution in [3.8, 4) is 0 Å². The quantitative estimate of drug-likeness (QED) is 0.137. The van der Waals surface area contributed by atoms with Gasteiger partial charge in [-0.3, -0.25) is 4.79 Å².